The molecule has 0 amide bonds. The van der Waals surface area contributed by atoms with Crippen molar-refractivity contribution in [2.24, 2.45) is 0 Å². The van der Waals surface area contributed by atoms with Crippen LogP contribution in [0.15, 0.2) is 9.95 Å². The lowest BCUT2D eigenvalue weighted by atomic mass is 10.2. The minimum absolute atomic E-state index is 0.0127. The van der Waals surface area contributed by atoms with Crippen molar-refractivity contribution in [2.45, 2.75) is 43.4 Å². The minimum atomic E-state index is -0.879. The summed E-state index contributed by atoms with van der Waals surface area (Å²) >= 11 is 1.32. The van der Waals surface area contributed by atoms with Crippen LogP contribution in [-0.2, 0) is 4.74 Å². The molecule has 0 saturated carbocycles. The maximum absolute atomic E-state index is 11.5. The lowest BCUT2D eigenvalue weighted by molar-refractivity contribution is 0.0337. The number of thioether (sulfide) groups is 1. The van der Waals surface area contributed by atoms with Crippen LogP contribution in [0, 0.1) is 0 Å². The molecule has 1 aliphatic rings. The highest BCUT2D eigenvalue weighted by atomic mass is 32.2. The topological polar surface area (TPSA) is 100 Å². The van der Waals surface area contributed by atoms with Gasteiger partial charge in [0.15, 0.2) is 5.16 Å². The van der Waals surface area contributed by atoms with Crippen LogP contribution in [0.4, 0.5) is 0 Å². The SMILES string of the molecule is CC(C)n1c(SCC2OCC(O)C2O)n[nH]c1=O. The molecule has 1 aliphatic heterocycles. The Morgan fingerprint density at radius 2 is 2.33 bits per heavy atom. The van der Waals surface area contributed by atoms with Crippen molar-refractivity contribution in [1.82, 2.24) is 14.8 Å². The fraction of sp³-hybridized carbons (Fsp3) is 0.800. The number of aliphatic hydroxyl groups excluding tert-OH is 2. The summed E-state index contributed by atoms with van der Waals surface area (Å²) in [6.07, 6.45) is -2.14. The van der Waals surface area contributed by atoms with Gasteiger partial charge in [-0.25, -0.2) is 9.89 Å². The normalized spacial score (nSPS) is 28.2. The largest absolute Gasteiger partial charge is 0.388 e. The van der Waals surface area contributed by atoms with E-state index in [9.17, 15) is 15.0 Å². The van der Waals surface area contributed by atoms with Gasteiger partial charge >= 0.3 is 5.69 Å². The van der Waals surface area contributed by atoms with E-state index in [1.165, 1.54) is 11.8 Å². The van der Waals surface area contributed by atoms with Gasteiger partial charge in [-0.1, -0.05) is 11.8 Å². The summed E-state index contributed by atoms with van der Waals surface area (Å²) in [6, 6.07) is 0.0127. The van der Waals surface area contributed by atoms with Gasteiger partial charge in [-0.2, -0.15) is 0 Å². The number of nitrogens with zero attached hydrogens (tertiary/aromatic N) is 2. The van der Waals surface area contributed by atoms with E-state index < -0.39 is 18.3 Å². The van der Waals surface area contributed by atoms with Crippen molar-refractivity contribution in [1.29, 1.82) is 0 Å². The van der Waals surface area contributed by atoms with E-state index in [-0.39, 0.29) is 18.3 Å². The van der Waals surface area contributed by atoms with Crippen LogP contribution in [0.1, 0.15) is 19.9 Å². The quantitative estimate of drug-likeness (QED) is 0.632. The second kappa shape index (κ2) is 5.43. The number of hydrogen-bond donors (Lipinski definition) is 3. The molecular formula is C10H17N3O4S. The Labute approximate surface area is 108 Å². The van der Waals surface area contributed by atoms with Crippen LogP contribution in [-0.4, -0.2) is 55.6 Å². The highest BCUT2D eigenvalue weighted by molar-refractivity contribution is 7.99. The van der Waals surface area contributed by atoms with E-state index in [4.69, 9.17) is 4.74 Å². The lowest BCUT2D eigenvalue weighted by Gasteiger charge is -2.14. The van der Waals surface area contributed by atoms with E-state index in [1.54, 1.807) is 4.57 Å². The maximum atomic E-state index is 11.5. The summed E-state index contributed by atoms with van der Waals surface area (Å²) in [6.45, 7) is 3.93. The molecule has 7 nitrogen and oxygen atoms in total. The second-order valence-electron chi connectivity index (χ2n) is 4.52. The Balaban J connectivity index is 2.01. The summed E-state index contributed by atoms with van der Waals surface area (Å²) in [4.78, 5) is 11.5. The Morgan fingerprint density at radius 3 is 2.89 bits per heavy atom. The number of nitrogens with one attached hydrogen (secondary N) is 1. The first-order valence-corrected chi connectivity index (χ1v) is 6.76. The molecule has 2 heterocycles. The third kappa shape index (κ3) is 2.61. The molecule has 8 heteroatoms. The highest BCUT2D eigenvalue weighted by Gasteiger charge is 2.34. The first-order valence-electron chi connectivity index (χ1n) is 5.78. The van der Waals surface area contributed by atoms with Gasteiger partial charge in [-0.05, 0) is 13.8 Å². The summed E-state index contributed by atoms with van der Waals surface area (Å²) in [5.41, 5.74) is -0.250. The van der Waals surface area contributed by atoms with Crippen molar-refractivity contribution >= 4 is 11.8 Å². The van der Waals surface area contributed by atoms with Gasteiger partial charge in [0, 0.05) is 11.8 Å². The standard InChI is InChI=1S/C10H17N3O4S/c1-5(2)13-9(16)11-12-10(13)18-4-7-8(15)6(14)3-17-7/h5-8,14-15H,3-4H2,1-2H3,(H,11,16). The predicted octanol–water partition coefficient (Wildman–Crippen LogP) is -0.635. The summed E-state index contributed by atoms with van der Waals surface area (Å²) in [5.74, 6) is 0.440. The second-order valence-corrected chi connectivity index (χ2v) is 5.50. The molecule has 1 saturated heterocycles. The summed E-state index contributed by atoms with van der Waals surface area (Å²) in [7, 11) is 0. The average Bonchev–Trinajstić information content (AvgIpc) is 2.82. The van der Waals surface area contributed by atoms with Gasteiger partial charge in [0.25, 0.3) is 0 Å². The third-order valence-corrected chi connectivity index (χ3v) is 3.86. The average molecular weight is 275 g/mol. The molecule has 3 unspecified atom stereocenters. The van der Waals surface area contributed by atoms with E-state index in [2.05, 4.69) is 10.2 Å². The Kier molecular flexibility index (Phi) is 4.10. The van der Waals surface area contributed by atoms with Gasteiger partial charge in [0.2, 0.25) is 0 Å². The van der Waals surface area contributed by atoms with Crippen LogP contribution in [0.25, 0.3) is 0 Å². The number of aliphatic hydroxyl groups is 2. The molecule has 0 spiro atoms. The predicted molar refractivity (Wildman–Crippen MR) is 65.7 cm³/mol. The van der Waals surface area contributed by atoms with Crippen molar-refractivity contribution in [3.05, 3.63) is 10.5 Å². The van der Waals surface area contributed by atoms with Crippen LogP contribution < -0.4 is 5.69 Å². The zero-order chi connectivity index (χ0) is 13.3. The number of ether oxygens (including phenoxy) is 1. The van der Waals surface area contributed by atoms with Crippen molar-refractivity contribution in [3.63, 3.8) is 0 Å². The van der Waals surface area contributed by atoms with Gasteiger partial charge in [0.1, 0.15) is 12.2 Å². The molecule has 3 atom stereocenters. The maximum Gasteiger partial charge on any atom is 0.344 e. The zero-order valence-corrected chi connectivity index (χ0v) is 11.1. The molecule has 0 bridgehead atoms. The molecule has 0 aliphatic carbocycles. The van der Waals surface area contributed by atoms with Crippen LogP contribution in [0.2, 0.25) is 0 Å². The number of rotatable bonds is 4. The molecule has 1 aromatic rings. The van der Waals surface area contributed by atoms with E-state index in [0.29, 0.717) is 10.9 Å². The van der Waals surface area contributed by atoms with E-state index in [1.807, 2.05) is 13.8 Å². The number of H-pyrrole nitrogens is 1. The fourth-order valence-electron chi connectivity index (χ4n) is 1.82. The highest BCUT2D eigenvalue weighted by Crippen LogP contribution is 2.23. The number of hydrogen-bond acceptors (Lipinski definition) is 6. The van der Waals surface area contributed by atoms with Crippen molar-refractivity contribution in [3.8, 4) is 0 Å². The molecule has 102 valence electrons. The molecule has 0 aromatic carbocycles. The molecule has 1 fully saturated rings. The Morgan fingerprint density at radius 1 is 1.61 bits per heavy atom. The smallest absolute Gasteiger partial charge is 0.344 e. The van der Waals surface area contributed by atoms with Crippen molar-refractivity contribution in [2.75, 3.05) is 12.4 Å². The van der Waals surface area contributed by atoms with E-state index in [0.717, 1.165) is 0 Å². The first kappa shape index (κ1) is 13.6. The molecular weight excluding hydrogens is 258 g/mol. The van der Waals surface area contributed by atoms with E-state index >= 15 is 0 Å². The van der Waals surface area contributed by atoms with Gasteiger partial charge in [-0.3, -0.25) is 4.57 Å². The fourth-order valence-corrected chi connectivity index (χ4v) is 2.97. The monoisotopic (exact) mass is 275 g/mol. The van der Waals surface area contributed by atoms with Gasteiger partial charge in [-0.15, -0.1) is 5.10 Å². The summed E-state index contributed by atoms with van der Waals surface area (Å²) in [5, 5.41) is 25.9. The molecule has 2 rings (SSSR count). The molecule has 3 N–H and O–H groups in total. The minimum Gasteiger partial charge on any atom is -0.388 e. The molecule has 1 aromatic heterocycles. The third-order valence-electron chi connectivity index (χ3n) is 2.82. The first-order chi connectivity index (χ1) is 8.50. The Hall–Kier alpha value is -0.830. The number of aromatic nitrogens is 3. The Bertz CT molecular complexity index is 458. The van der Waals surface area contributed by atoms with Crippen LogP contribution >= 0.6 is 11.8 Å². The summed E-state index contributed by atoms with van der Waals surface area (Å²) < 4.78 is 6.80. The van der Waals surface area contributed by atoms with Gasteiger partial charge < -0.3 is 14.9 Å². The van der Waals surface area contributed by atoms with Crippen LogP contribution in [0.5, 0.6) is 0 Å². The lowest BCUT2D eigenvalue weighted by Crippen LogP contribution is -2.31. The van der Waals surface area contributed by atoms with Gasteiger partial charge in [0.05, 0.1) is 12.7 Å². The molecule has 0 radical (unpaired) electrons. The zero-order valence-electron chi connectivity index (χ0n) is 10.2. The number of aromatic amines is 1. The van der Waals surface area contributed by atoms with Crippen molar-refractivity contribution < 1.29 is 14.9 Å². The molecule has 18 heavy (non-hydrogen) atoms. The van der Waals surface area contributed by atoms with Crippen LogP contribution in [0.3, 0.4) is 0 Å².